The summed E-state index contributed by atoms with van der Waals surface area (Å²) in [5.74, 6) is 1.41. The van der Waals surface area contributed by atoms with Crippen molar-refractivity contribution in [3.8, 4) is 5.75 Å². The molecular weight excluding hydrogens is 422 g/mol. The normalized spacial score (nSPS) is 11.6. The van der Waals surface area contributed by atoms with E-state index in [9.17, 15) is 0 Å². The molecule has 5 aromatic rings. The van der Waals surface area contributed by atoms with E-state index in [1.165, 1.54) is 0 Å². The number of hydrogen-bond acceptors (Lipinski definition) is 5. The summed E-state index contributed by atoms with van der Waals surface area (Å²) in [5.41, 5.74) is 6.24. The second-order valence-electron chi connectivity index (χ2n) is 7.91. The minimum Gasteiger partial charge on any atom is -0.487 e. The van der Waals surface area contributed by atoms with Gasteiger partial charge in [0, 0.05) is 5.39 Å². The van der Waals surface area contributed by atoms with Gasteiger partial charge in [0.1, 0.15) is 12.4 Å². The Hall–Kier alpha value is -4.58. The van der Waals surface area contributed by atoms with Crippen LogP contribution in [-0.2, 0) is 6.61 Å². The van der Waals surface area contributed by atoms with E-state index in [1.807, 2.05) is 36.4 Å². The van der Waals surface area contributed by atoms with Crippen LogP contribution >= 0.6 is 0 Å². The molecule has 0 radical (unpaired) electrons. The third-order valence-electron chi connectivity index (χ3n) is 5.44. The third kappa shape index (κ3) is 5.24. The van der Waals surface area contributed by atoms with Crippen molar-refractivity contribution >= 4 is 35.2 Å². The number of fused-ring (bicyclic) bond motifs is 1. The minimum atomic E-state index is 0.428. The van der Waals surface area contributed by atoms with Gasteiger partial charge in [0.15, 0.2) is 5.82 Å². The number of nitrogens with zero attached hydrogens (tertiary/aromatic N) is 4. The average Bonchev–Trinajstić information content (AvgIpc) is 3.40. The number of pyridine rings is 1. The van der Waals surface area contributed by atoms with Crippen molar-refractivity contribution in [2.45, 2.75) is 13.5 Å². The van der Waals surface area contributed by atoms with Crippen molar-refractivity contribution in [1.82, 2.24) is 25.6 Å². The van der Waals surface area contributed by atoms with Crippen molar-refractivity contribution in [2.24, 2.45) is 0 Å². The summed E-state index contributed by atoms with van der Waals surface area (Å²) in [4.78, 5) is 4.70. The fraction of sp³-hybridized carbons (Fsp3) is 0.0714. The van der Waals surface area contributed by atoms with Crippen LogP contribution in [0.25, 0.3) is 35.2 Å². The molecule has 0 bridgehead atoms. The van der Waals surface area contributed by atoms with Gasteiger partial charge in [0.2, 0.25) is 0 Å². The standard InChI is InChI=1S/C28H23N5O/c1-20-6-7-23(13-12-21-8-10-22(11-9-21)14-17-28-30-32-33-31-28)18-27(20)34-19-25-16-15-24-4-2-3-5-26(24)29-25/h2-18H,19H2,1H3,(H,30,31,32,33). The summed E-state index contributed by atoms with van der Waals surface area (Å²) in [7, 11) is 0. The summed E-state index contributed by atoms with van der Waals surface area (Å²) >= 11 is 0. The lowest BCUT2D eigenvalue weighted by Crippen LogP contribution is -2.00. The van der Waals surface area contributed by atoms with E-state index in [0.29, 0.717) is 12.4 Å². The predicted octanol–water partition coefficient (Wildman–Crippen LogP) is 5.98. The van der Waals surface area contributed by atoms with Gasteiger partial charge in [0.25, 0.3) is 0 Å². The lowest BCUT2D eigenvalue weighted by molar-refractivity contribution is 0.299. The Bertz CT molecular complexity index is 1450. The van der Waals surface area contributed by atoms with Crippen LogP contribution in [0.3, 0.4) is 0 Å². The van der Waals surface area contributed by atoms with Gasteiger partial charge in [-0.1, -0.05) is 78.9 Å². The number of nitrogens with one attached hydrogen (secondary N) is 1. The smallest absolute Gasteiger partial charge is 0.197 e. The number of H-pyrrole nitrogens is 1. The number of ether oxygens (including phenoxy) is 1. The Kier molecular flexibility index (Phi) is 6.21. The number of aryl methyl sites for hydroxylation is 1. The number of aromatic amines is 1. The minimum absolute atomic E-state index is 0.428. The molecule has 0 spiro atoms. The lowest BCUT2D eigenvalue weighted by Gasteiger charge is -2.10. The topological polar surface area (TPSA) is 76.6 Å². The Morgan fingerprint density at radius 1 is 0.794 bits per heavy atom. The maximum Gasteiger partial charge on any atom is 0.197 e. The van der Waals surface area contributed by atoms with E-state index >= 15 is 0 Å². The fourth-order valence-electron chi connectivity index (χ4n) is 3.54. The molecule has 0 saturated carbocycles. The second-order valence-corrected chi connectivity index (χ2v) is 7.91. The van der Waals surface area contributed by atoms with Crippen molar-refractivity contribution in [3.63, 3.8) is 0 Å². The van der Waals surface area contributed by atoms with E-state index in [2.05, 4.69) is 94.3 Å². The number of benzene rings is 3. The fourth-order valence-corrected chi connectivity index (χ4v) is 3.54. The number of tetrazole rings is 1. The van der Waals surface area contributed by atoms with Gasteiger partial charge in [-0.15, -0.1) is 10.2 Å². The Morgan fingerprint density at radius 3 is 2.32 bits per heavy atom. The predicted molar refractivity (Wildman–Crippen MR) is 136 cm³/mol. The van der Waals surface area contributed by atoms with E-state index < -0.39 is 0 Å². The third-order valence-corrected chi connectivity index (χ3v) is 5.44. The van der Waals surface area contributed by atoms with Crippen LogP contribution in [0, 0.1) is 6.92 Å². The second kappa shape index (κ2) is 9.92. The number of hydrogen-bond donors (Lipinski definition) is 1. The average molecular weight is 446 g/mol. The molecule has 166 valence electrons. The first-order valence-corrected chi connectivity index (χ1v) is 11.0. The van der Waals surface area contributed by atoms with Crippen LogP contribution < -0.4 is 4.74 Å². The van der Waals surface area contributed by atoms with Crippen molar-refractivity contribution < 1.29 is 4.74 Å². The highest BCUT2D eigenvalue weighted by Gasteiger charge is 2.04. The Labute approximate surface area is 197 Å². The van der Waals surface area contributed by atoms with Crippen LogP contribution in [0.4, 0.5) is 0 Å². The quantitative estimate of drug-likeness (QED) is 0.312. The van der Waals surface area contributed by atoms with Crippen LogP contribution in [0.2, 0.25) is 0 Å². The zero-order chi connectivity index (χ0) is 23.2. The van der Waals surface area contributed by atoms with Crippen LogP contribution in [0.1, 0.15) is 33.8 Å². The molecule has 0 fully saturated rings. The van der Waals surface area contributed by atoms with Gasteiger partial charge >= 0.3 is 0 Å². The molecule has 1 N–H and O–H groups in total. The molecule has 2 heterocycles. The first kappa shape index (κ1) is 21.3. The first-order chi connectivity index (χ1) is 16.7. The zero-order valence-corrected chi connectivity index (χ0v) is 18.7. The SMILES string of the molecule is Cc1ccc(C=Cc2ccc(C=Cc3nn[nH]n3)cc2)cc1OCc1ccc2ccccc2n1. The lowest BCUT2D eigenvalue weighted by atomic mass is 10.1. The summed E-state index contributed by atoms with van der Waals surface area (Å²) < 4.78 is 6.12. The molecular formula is C28H23N5O. The molecule has 5 rings (SSSR count). The molecule has 34 heavy (non-hydrogen) atoms. The Balaban J connectivity index is 1.24. The molecule has 0 unspecified atom stereocenters. The van der Waals surface area contributed by atoms with Gasteiger partial charge in [-0.3, -0.25) is 0 Å². The summed E-state index contributed by atoms with van der Waals surface area (Å²) in [5, 5.41) is 14.9. The molecule has 0 aliphatic heterocycles. The van der Waals surface area contributed by atoms with Gasteiger partial charge in [-0.2, -0.15) is 5.21 Å². The van der Waals surface area contributed by atoms with Crippen molar-refractivity contribution in [3.05, 3.63) is 113 Å². The highest BCUT2D eigenvalue weighted by Crippen LogP contribution is 2.23. The van der Waals surface area contributed by atoms with E-state index in [0.717, 1.165) is 44.6 Å². The molecule has 3 aromatic carbocycles. The van der Waals surface area contributed by atoms with Gasteiger partial charge in [0.05, 0.1) is 11.2 Å². The number of para-hydroxylation sites is 1. The van der Waals surface area contributed by atoms with Crippen LogP contribution in [0.15, 0.2) is 78.9 Å². The maximum atomic E-state index is 6.12. The summed E-state index contributed by atoms with van der Waals surface area (Å²) in [6.07, 6.45) is 7.94. The van der Waals surface area contributed by atoms with E-state index in [4.69, 9.17) is 9.72 Å². The first-order valence-electron chi connectivity index (χ1n) is 11.0. The van der Waals surface area contributed by atoms with Crippen LogP contribution in [0.5, 0.6) is 5.75 Å². The number of aromatic nitrogens is 5. The molecule has 0 aliphatic carbocycles. The maximum absolute atomic E-state index is 6.12. The van der Waals surface area contributed by atoms with Crippen molar-refractivity contribution in [2.75, 3.05) is 0 Å². The molecule has 6 nitrogen and oxygen atoms in total. The zero-order valence-electron chi connectivity index (χ0n) is 18.7. The summed E-state index contributed by atoms with van der Waals surface area (Å²) in [6, 6.07) is 26.7. The largest absolute Gasteiger partial charge is 0.487 e. The molecule has 6 heteroatoms. The van der Waals surface area contributed by atoms with E-state index in [-0.39, 0.29) is 0 Å². The highest BCUT2D eigenvalue weighted by atomic mass is 16.5. The van der Waals surface area contributed by atoms with E-state index in [1.54, 1.807) is 0 Å². The Morgan fingerprint density at radius 2 is 1.53 bits per heavy atom. The molecule has 0 atom stereocenters. The molecule has 2 aromatic heterocycles. The number of rotatable bonds is 7. The molecule has 0 saturated heterocycles. The summed E-state index contributed by atoms with van der Waals surface area (Å²) in [6.45, 7) is 2.48. The van der Waals surface area contributed by atoms with Crippen molar-refractivity contribution in [1.29, 1.82) is 0 Å². The molecule has 0 amide bonds. The molecule has 0 aliphatic rings. The highest BCUT2D eigenvalue weighted by molar-refractivity contribution is 5.78. The van der Waals surface area contributed by atoms with Gasteiger partial charge in [-0.05, 0) is 58.7 Å². The van der Waals surface area contributed by atoms with Gasteiger partial charge < -0.3 is 4.74 Å². The monoisotopic (exact) mass is 445 g/mol. The van der Waals surface area contributed by atoms with Gasteiger partial charge in [-0.25, -0.2) is 4.98 Å². The van der Waals surface area contributed by atoms with Crippen LogP contribution in [-0.4, -0.2) is 25.6 Å².